The van der Waals surface area contributed by atoms with E-state index in [1.807, 2.05) is 30.3 Å². The highest BCUT2D eigenvalue weighted by Gasteiger charge is 2.45. The fourth-order valence-electron chi connectivity index (χ4n) is 5.03. The van der Waals surface area contributed by atoms with Crippen molar-refractivity contribution in [3.05, 3.63) is 83.6 Å². The van der Waals surface area contributed by atoms with Crippen molar-refractivity contribution >= 4 is 5.91 Å². The van der Waals surface area contributed by atoms with E-state index in [-0.39, 0.29) is 5.92 Å². The molecule has 0 aliphatic heterocycles. The number of ether oxygens (including phenoxy) is 1. The Labute approximate surface area is 207 Å². The lowest BCUT2D eigenvalue weighted by molar-refractivity contribution is -0.904. The van der Waals surface area contributed by atoms with Gasteiger partial charge in [0, 0.05) is 17.9 Å². The Bertz CT molecular complexity index is 1100. The van der Waals surface area contributed by atoms with Crippen LogP contribution in [0.1, 0.15) is 59.7 Å². The monoisotopic (exact) mass is 478 g/mol. The number of aliphatic hydroxyl groups is 1. The summed E-state index contributed by atoms with van der Waals surface area (Å²) >= 11 is 0. The summed E-state index contributed by atoms with van der Waals surface area (Å²) < 4.78 is 12.7. The molecule has 0 saturated heterocycles. The normalized spacial score (nSPS) is 16.2. The van der Waals surface area contributed by atoms with Gasteiger partial charge in [0.1, 0.15) is 12.3 Å². The summed E-state index contributed by atoms with van der Waals surface area (Å²) in [5, 5.41) is 11.9. The van der Waals surface area contributed by atoms with Crippen LogP contribution in [0, 0.1) is 5.92 Å². The number of oxazole rings is 1. The van der Waals surface area contributed by atoms with Crippen LogP contribution in [0.2, 0.25) is 0 Å². The molecular formula is C28H36N3O4+. The van der Waals surface area contributed by atoms with Crippen LogP contribution in [0.4, 0.5) is 0 Å². The molecule has 7 nitrogen and oxygen atoms in total. The van der Waals surface area contributed by atoms with E-state index in [1.54, 1.807) is 30.5 Å². The number of carbonyl (C=O) groups excluding carboxylic acids is 1. The number of primary amides is 1. The Morgan fingerprint density at radius 2 is 1.83 bits per heavy atom. The van der Waals surface area contributed by atoms with E-state index in [0.29, 0.717) is 34.8 Å². The molecule has 1 heterocycles. The molecule has 0 radical (unpaired) electrons. The Balaban J connectivity index is 1.36. The number of quaternary nitrogens is 1. The zero-order valence-electron chi connectivity index (χ0n) is 20.7. The molecule has 1 aliphatic rings. The lowest BCUT2D eigenvalue weighted by Crippen LogP contribution is -2.40. The van der Waals surface area contributed by atoms with Gasteiger partial charge in [-0.05, 0) is 42.7 Å². The topological polar surface area (TPSA) is 98.6 Å². The van der Waals surface area contributed by atoms with Crippen LogP contribution >= 0.6 is 0 Å². The first-order chi connectivity index (χ1) is 16.8. The fraction of sp³-hybridized carbons (Fsp3) is 0.429. The second-order valence-electron chi connectivity index (χ2n) is 10.2. The Kier molecular flexibility index (Phi) is 7.57. The van der Waals surface area contributed by atoms with Crippen LogP contribution in [0.3, 0.4) is 0 Å². The lowest BCUT2D eigenvalue weighted by atomic mass is 9.80. The minimum Gasteiger partial charge on any atom is -0.493 e. The highest BCUT2D eigenvalue weighted by molar-refractivity contribution is 5.92. The molecule has 1 atom stereocenters. The number of nitrogens with two attached hydrogens (primary N) is 1. The molecule has 35 heavy (non-hydrogen) atoms. The summed E-state index contributed by atoms with van der Waals surface area (Å²) in [6.07, 6.45) is 6.78. The third kappa shape index (κ3) is 5.92. The molecule has 1 aliphatic carbocycles. The van der Waals surface area contributed by atoms with Gasteiger partial charge in [-0.2, -0.15) is 0 Å². The minimum atomic E-state index is -1.20. The van der Waals surface area contributed by atoms with Crippen molar-refractivity contribution in [2.75, 3.05) is 27.2 Å². The van der Waals surface area contributed by atoms with Gasteiger partial charge in [0.15, 0.2) is 11.4 Å². The number of benzene rings is 2. The van der Waals surface area contributed by atoms with Crippen molar-refractivity contribution < 1.29 is 23.5 Å². The van der Waals surface area contributed by atoms with Crippen molar-refractivity contribution in [1.82, 2.24) is 4.98 Å². The number of hydrogen-bond acceptors (Lipinski definition) is 5. The maximum absolute atomic E-state index is 11.9. The minimum absolute atomic E-state index is 0.105. The van der Waals surface area contributed by atoms with Crippen molar-refractivity contribution in [2.24, 2.45) is 11.7 Å². The molecule has 3 aromatic rings. The summed E-state index contributed by atoms with van der Waals surface area (Å²) in [5.74, 6) is 1.53. The maximum atomic E-state index is 11.9. The molecule has 0 bridgehead atoms. The first kappa shape index (κ1) is 24.9. The quantitative estimate of drug-likeness (QED) is 0.317. The molecule has 3 N–H and O–H groups in total. The second-order valence-corrected chi connectivity index (χ2v) is 10.2. The number of hydrogen-bond donors (Lipinski definition) is 2. The Hall–Kier alpha value is -3.16. The Morgan fingerprint density at radius 1 is 1.14 bits per heavy atom. The second kappa shape index (κ2) is 10.6. The smallest absolute Gasteiger partial charge is 0.248 e. The standard InChI is InChI=1S/C28H35N3O4/c1-31(2,17-8-18-34-24-15-13-21(14-16-24)26(29)32)20-25-19-30-27(35-25)28(33,23-11-6-7-12-23)22-9-4-3-5-10-22/h3-5,9-10,13-16,19,23,33H,6-8,11-12,17-18,20H2,1-2H3,(H-,29,32)/p+1. The van der Waals surface area contributed by atoms with Gasteiger partial charge in [-0.15, -0.1) is 0 Å². The highest BCUT2D eigenvalue weighted by Crippen LogP contribution is 2.44. The largest absolute Gasteiger partial charge is 0.493 e. The molecule has 2 aromatic carbocycles. The molecule has 0 spiro atoms. The van der Waals surface area contributed by atoms with Crippen LogP contribution in [0.5, 0.6) is 5.75 Å². The zero-order valence-corrected chi connectivity index (χ0v) is 20.7. The molecule has 7 heteroatoms. The zero-order chi connectivity index (χ0) is 24.9. The summed E-state index contributed by atoms with van der Waals surface area (Å²) in [6.45, 7) is 2.10. The molecule has 186 valence electrons. The van der Waals surface area contributed by atoms with Gasteiger partial charge >= 0.3 is 0 Å². The SMILES string of the molecule is C[N+](C)(CCCOc1ccc(C(N)=O)cc1)Cc1cnc(C(O)(c2ccccc2)C2CCCC2)o1. The van der Waals surface area contributed by atoms with Crippen molar-refractivity contribution in [2.45, 2.75) is 44.2 Å². The third-order valence-electron chi connectivity index (χ3n) is 6.94. The molecule has 4 rings (SSSR count). The number of carbonyl (C=O) groups is 1. The van der Waals surface area contributed by atoms with Gasteiger partial charge in [0.05, 0.1) is 33.4 Å². The van der Waals surface area contributed by atoms with E-state index >= 15 is 0 Å². The van der Waals surface area contributed by atoms with Crippen molar-refractivity contribution in [3.8, 4) is 5.75 Å². The van der Waals surface area contributed by atoms with Crippen LogP contribution in [-0.4, -0.2) is 47.7 Å². The van der Waals surface area contributed by atoms with Crippen molar-refractivity contribution in [3.63, 3.8) is 0 Å². The molecule has 1 fully saturated rings. The molecule has 1 amide bonds. The van der Waals surface area contributed by atoms with Gasteiger partial charge in [0.2, 0.25) is 11.8 Å². The fourth-order valence-corrected chi connectivity index (χ4v) is 5.03. The average molecular weight is 479 g/mol. The van der Waals surface area contributed by atoms with E-state index in [0.717, 1.165) is 50.0 Å². The highest BCUT2D eigenvalue weighted by atomic mass is 16.5. The number of aromatic nitrogens is 1. The van der Waals surface area contributed by atoms with Crippen LogP contribution in [-0.2, 0) is 12.1 Å². The lowest BCUT2D eigenvalue weighted by Gasteiger charge is -2.32. The van der Waals surface area contributed by atoms with Crippen LogP contribution < -0.4 is 10.5 Å². The first-order valence-electron chi connectivity index (χ1n) is 12.4. The van der Waals surface area contributed by atoms with Gasteiger partial charge in [-0.25, -0.2) is 4.98 Å². The average Bonchev–Trinajstić information content (AvgIpc) is 3.55. The maximum Gasteiger partial charge on any atom is 0.248 e. The van der Waals surface area contributed by atoms with Crippen LogP contribution in [0.15, 0.2) is 65.2 Å². The van der Waals surface area contributed by atoms with E-state index in [2.05, 4.69) is 19.1 Å². The predicted molar refractivity (Wildman–Crippen MR) is 134 cm³/mol. The van der Waals surface area contributed by atoms with E-state index in [4.69, 9.17) is 14.9 Å². The molecular weight excluding hydrogens is 442 g/mol. The molecule has 1 saturated carbocycles. The number of amides is 1. The summed E-state index contributed by atoms with van der Waals surface area (Å²) in [4.78, 5) is 15.7. The van der Waals surface area contributed by atoms with Gasteiger partial charge in [0.25, 0.3) is 0 Å². The number of rotatable bonds is 11. The van der Waals surface area contributed by atoms with Gasteiger partial charge < -0.3 is 24.5 Å². The summed E-state index contributed by atoms with van der Waals surface area (Å²) in [5.41, 5.74) is 5.38. The third-order valence-corrected chi connectivity index (χ3v) is 6.94. The van der Waals surface area contributed by atoms with Crippen molar-refractivity contribution in [1.29, 1.82) is 0 Å². The molecule has 1 aromatic heterocycles. The number of nitrogens with zero attached hydrogens (tertiary/aromatic N) is 2. The summed E-state index contributed by atoms with van der Waals surface area (Å²) in [6, 6.07) is 16.6. The molecule has 1 unspecified atom stereocenters. The van der Waals surface area contributed by atoms with Gasteiger partial charge in [-0.1, -0.05) is 43.2 Å². The van der Waals surface area contributed by atoms with Crippen LogP contribution in [0.25, 0.3) is 0 Å². The van der Waals surface area contributed by atoms with E-state index in [9.17, 15) is 9.90 Å². The van der Waals surface area contributed by atoms with E-state index in [1.165, 1.54) is 0 Å². The Morgan fingerprint density at radius 3 is 2.49 bits per heavy atom. The van der Waals surface area contributed by atoms with Gasteiger partial charge in [-0.3, -0.25) is 4.79 Å². The predicted octanol–water partition coefficient (Wildman–Crippen LogP) is 4.25. The first-order valence-corrected chi connectivity index (χ1v) is 12.4. The van der Waals surface area contributed by atoms with E-state index < -0.39 is 11.5 Å². The summed E-state index contributed by atoms with van der Waals surface area (Å²) in [7, 11) is 4.29.